The van der Waals surface area contributed by atoms with Crippen LogP contribution in [0.25, 0.3) is 0 Å². The number of hydrogen-bond acceptors (Lipinski definition) is 3. The number of amides is 1. The highest BCUT2D eigenvalue weighted by atomic mass is 16.5. The van der Waals surface area contributed by atoms with E-state index in [4.69, 9.17) is 9.84 Å². The number of benzene rings is 1. The van der Waals surface area contributed by atoms with Crippen molar-refractivity contribution in [2.24, 2.45) is 5.92 Å². The zero-order valence-electron chi connectivity index (χ0n) is 12.1. The number of hydrogen-bond donors (Lipinski definition) is 2. The van der Waals surface area contributed by atoms with E-state index in [2.05, 4.69) is 19.2 Å². The second kappa shape index (κ2) is 7.65. The summed E-state index contributed by atoms with van der Waals surface area (Å²) >= 11 is 0. The number of carbonyl (C=O) groups is 2. The molecule has 1 atom stereocenters. The van der Waals surface area contributed by atoms with Crippen LogP contribution in [0.5, 0.6) is 0 Å². The van der Waals surface area contributed by atoms with E-state index in [9.17, 15) is 9.59 Å². The number of rotatable bonds is 7. The van der Waals surface area contributed by atoms with Crippen molar-refractivity contribution in [2.75, 3.05) is 11.9 Å². The molecule has 0 saturated carbocycles. The maximum absolute atomic E-state index is 11.9. The van der Waals surface area contributed by atoms with Gasteiger partial charge in [-0.1, -0.05) is 19.9 Å². The molecule has 1 unspecified atom stereocenters. The lowest BCUT2D eigenvalue weighted by Gasteiger charge is -2.14. The Labute approximate surface area is 118 Å². The minimum Gasteiger partial charge on any atom is -0.478 e. The highest BCUT2D eigenvalue weighted by molar-refractivity contribution is 5.95. The summed E-state index contributed by atoms with van der Waals surface area (Å²) in [7, 11) is 0. The number of ether oxygens (including phenoxy) is 1. The second-order valence-corrected chi connectivity index (χ2v) is 5.07. The lowest BCUT2D eigenvalue weighted by Crippen LogP contribution is -2.28. The summed E-state index contributed by atoms with van der Waals surface area (Å²) in [6.07, 6.45) is 0.328. The van der Waals surface area contributed by atoms with Gasteiger partial charge >= 0.3 is 5.97 Å². The van der Waals surface area contributed by atoms with E-state index in [1.54, 1.807) is 19.1 Å². The van der Waals surface area contributed by atoms with E-state index < -0.39 is 12.1 Å². The summed E-state index contributed by atoms with van der Waals surface area (Å²) in [5, 5.41) is 11.5. The highest BCUT2D eigenvalue weighted by Gasteiger charge is 2.14. The fraction of sp³-hybridized carbons (Fsp3) is 0.467. The average Bonchev–Trinajstić information content (AvgIpc) is 2.38. The van der Waals surface area contributed by atoms with Crippen LogP contribution >= 0.6 is 0 Å². The molecule has 1 amide bonds. The zero-order valence-corrected chi connectivity index (χ0v) is 12.1. The quantitative estimate of drug-likeness (QED) is 0.804. The second-order valence-electron chi connectivity index (χ2n) is 5.07. The van der Waals surface area contributed by atoms with E-state index in [0.29, 0.717) is 18.2 Å². The third kappa shape index (κ3) is 5.40. The first kappa shape index (κ1) is 16.2. The van der Waals surface area contributed by atoms with Gasteiger partial charge in [0.1, 0.15) is 6.10 Å². The van der Waals surface area contributed by atoms with Gasteiger partial charge in [0.2, 0.25) is 0 Å². The van der Waals surface area contributed by atoms with Crippen molar-refractivity contribution < 1.29 is 19.4 Å². The van der Waals surface area contributed by atoms with Gasteiger partial charge < -0.3 is 15.2 Å². The molecule has 0 radical (unpaired) electrons. The van der Waals surface area contributed by atoms with E-state index in [0.717, 1.165) is 6.42 Å². The number of carboxylic acid groups (broad SMARTS) is 1. The molecule has 5 nitrogen and oxygen atoms in total. The predicted molar refractivity (Wildman–Crippen MR) is 76.9 cm³/mol. The molecule has 1 rings (SSSR count). The molecule has 2 N–H and O–H groups in total. The third-order valence-electron chi connectivity index (χ3n) is 2.81. The number of carboxylic acids is 1. The van der Waals surface area contributed by atoms with E-state index in [-0.39, 0.29) is 11.5 Å². The van der Waals surface area contributed by atoms with Crippen LogP contribution in [0, 0.1) is 5.92 Å². The molecule has 1 aromatic carbocycles. The van der Waals surface area contributed by atoms with Crippen molar-refractivity contribution >= 4 is 17.6 Å². The van der Waals surface area contributed by atoms with Gasteiger partial charge in [-0.3, -0.25) is 4.79 Å². The first-order chi connectivity index (χ1) is 9.40. The molecule has 0 spiro atoms. The van der Waals surface area contributed by atoms with Gasteiger partial charge in [-0.05, 0) is 37.5 Å². The molecule has 0 heterocycles. The molecule has 0 fully saturated rings. The zero-order chi connectivity index (χ0) is 15.1. The van der Waals surface area contributed by atoms with E-state index >= 15 is 0 Å². The monoisotopic (exact) mass is 279 g/mol. The fourth-order valence-corrected chi connectivity index (χ4v) is 1.53. The summed E-state index contributed by atoms with van der Waals surface area (Å²) in [6, 6.07) is 6.12. The molecule has 110 valence electrons. The minimum absolute atomic E-state index is 0.135. The molecule has 0 bridgehead atoms. The largest absolute Gasteiger partial charge is 0.478 e. The molecule has 5 heteroatoms. The van der Waals surface area contributed by atoms with Crippen LogP contribution in [0.1, 0.15) is 37.6 Å². The van der Waals surface area contributed by atoms with Gasteiger partial charge in [-0.2, -0.15) is 0 Å². The third-order valence-corrected chi connectivity index (χ3v) is 2.81. The summed E-state index contributed by atoms with van der Waals surface area (Å²) in [5.41, 5.74) is 0.588. The predicted octanol–water partition coefficient (Wildman–Crippen LogP) is 2.77. The Hall–Kier alpha value is -1.88. The van der Waals surface area contributed by atoms with Crippen LogP contribution in [-0.4, -0.2) is 29.7 Å². The Bertz CT molecular complexity index is 471. The lowest BCUT2D eigenvalue weighted by molar-refractivity contribution is -0.126. The Balaban J connectivity index is 2.52. The van der Waals surface area contributed by atoms with Gasteiger partial charge in [0.15, 0.2) is 0 Å². The summed E-state index contributed by atoms with van der Waals surface area (Å²) in [4.78, 5) is 22.7. The topological polar surface area (TPSA) is 75.6 Å². The molecular formula is C15H21NO4. The number of anilines is 1. The summed E-state index contributed by atoms with van der Waals surface area (Å²) < 4.78 is 5.44. The van der Waals surface area contributed by atoms with Gasteiger partial charge in [-0.15, -0.1) is 0 Å². The summed E-state index contributed by atoms with van der Waals surface area (Å²) in [5.74, 6) is -0.781. The molecule has 1 aromatic rings. The Morgan fingerprint density at radius 2 is 2.00 bits per heavy atom. The molecular weight excluding hydrogens is 258 g/mol. The Morgan fingerprint density at radius 1 is 1.30 bits per heavy atom. The standard InChI is InChI=1S/C15H21NO4/c1-10(2)7-8-20-11(3)14(17)16-13-6-4-5-12(9-13)15(18)19/h4-6,9-11H,7-8H2,1-3H3,(H,16,17)(H,18,19). The number of aromatic carboxylic acids is 1. The van der Waals surface area contributed by atoms with Crippen molar-refractivity contribution in [3.8, 4) is 0 Å². The summed E-state index contributed by atoms with van der Waals surface area (Å²) in [6.45, 7) is 6.38. The van der Waals surface area contributed by atoms with Crippen molar-refractivity contribution in [1.29, 1.82) is 0 Å². The Kier molecular flexibility index (Phi) is 6.18. The molecule has 20 heavy (non-hydrogen) atoms. The first-order valence-electron chi connectivity index (χ1n) is 6.66. The van der Waals surface area contributed by atoms with Crippen LogP contribution in [-0.2, 0) is 9.53 Å². The fourth-order valence-electron chi connectivity index (χ4n) is 1.53. The van der Waals surface area contributed by atoms with Crippen LogP contribution < -0.4 is 5.32 Å². The number of nitrogens with one attached hydrogen (secondary N) is 1. The van der Waals surface area contributed by atoms with Gasteiger partial charge in [0.25, 0.3) is 5.91 Å². The van der Waals surface area contributed by atoms with Crippen LogP contribution in [0.2, 0.25) is 0 Å². The molecule has 0 aliphatic rings. The molecule has 0 aromatic heterocycles. The van der Waals surface area contributed by atoms with E-state index in [1.165, 1.54) is 12.1 Å². The van der Waals surface area contributed by atoms with Crippen molar-refractivity contribution in [2.45, 2.75) is 33.3 Å². The SMILES string of the molecule is CC(C)CCOC(C)C(=O)Nc1cccc(C(=O)O)c1. The molecule has 0 aliphatic carbocycles. The van der Waals surface area contributed by atoms with Crippen LogP contribution in [0.15, 0.2) is 24.3 Å². The van der Waals surface area contributed by atoms with Crippen molar-refractivity contribution in [3.63, 3.8) is 0 Å². The van der Waals surface area contributed by atoms with E-state index in [1.807, 2.05) is 0 Å². The normalized spacial score (nSPS) is 12.2. The van der Waals surface area contributed by atoms with Crippen LogP contribution in [0.4, 0.5) is 5.69 Å². The van der Waals surface area contributed by atoms with Crippen molar-refractivity contribution in [1.82, 2.24) is 0 Å². The lowest BCUT2D eigenvalue weighted by atomic mass is 10.1. The smallest absolute Gasteiger partial charge is 0.335 e. The van der Waals surface area contributed by atoms with Crippen molar-refractivity contribution in [3.05, 3.63) is 29.8 Å². The van der Waals surface area contributed by atoms with Gasteiger partial charge in [0.05, 0.1) is 5.56 Å². The van der Waals surface area contributed by atoms with Crippen LogP contribution in [0.3, 0.4) is 0 Å². The maximum atomic E-state index is 11.9. The molecule has 0 aliphatic heterocycles. The first-order valence-corrected chi connectivity index (χ1v) is 6.66. The van der Waals surface area contributed by atoms with Gasteiger partial charge in [-0.25, -0.2) is 4.79 Å². The maximum Gasteiger partial charge on any atom is 0.335 e. The molecule has 0 saturated heterocycles. The number of carbonyl (C=O) groups excluding carboxylic acids is 1. The Morgan fingerprint density at radius 3 is 2.60 bits per heavy atom. The van der Waals surface area contributed by atoms with Gasteiger partial charge in [0, 0.05) is 12.3 Å². The average molecular weight is 279 g/mol. The highest BCUT2D eigenvalue weighted by Crippen LogP contribution is 2.11. The minimum atomic E-state index is -1.03.